The van der Waals surface area contributed by atoms with Gasteiger partial charge in [0.25, 0.3) is 0 Å². The molecule has 0 bridgehead atoms. The molecule has 0 spiro atoms. The van der Waals surface area contributed by atoms with Crippen LogP contribution in [0.5, 0.6) is 0 Å². The third kappa shape index (κ3) is 23.8. The first-order chi connectivity index (χ1) is 0. The molecule has 28 valence electrons. The monoisotopic (exact) mass is 570 g/mol. The molecule has 0 N–H and O–H groups in total. The second-order valence-corrected chi connectivity index (χ2v) is 0. The van der Waals surface area contributed by atoms with Crippen LogP contribution in [0.2, 0.25) is 0 Å². The van der Waals surface area contributed by atoms with Crippen molar-refractivity contribution in [1.82, 2.24) is 0 Å². The van der Waals surface area contributed by atoms with Gasteiger partial charge < -0.3 is 18.0 Å². The predicted molar refractivity (Wildman–Crippen MR) is 42.9 cm³/mol. The molecule has 0 amide bonds. The maximum absolute atomic E-state index is 0. The van der Waals surface area contributed by atoms with Crippen LogP contribution in [0, 0.1) is 0 Å². The summed E-state index contributed by atoms with van der Waals surface area (Å²) in [5.74, 6) is 0. The SMILES string of the molecule is [As-3].[Ga].[Ga].[In+3].[In+3].[SbH6-3]. The van der Waals surface area contributed by atoms with Gasteiger partial charge in [-0.1, -0.05) is 0 Å². The predicted octanol–water partition coefficient (Wildman–Crippen LogP) is -3.89. The summed E-state index contributed by atoms with van der Waals surface area (Å²) in [5.41, 5.74) is 0. The third-order valence-corrected chi connectivity index (χ3v) is 0. The van der Waals surface area contributed by atoms with Gasteiger partial charge in [0.05, 0.1) is 0 Å². The molecule has 0 rings (SSSR count). The molecule has 0 aromatic rings. The van der Waals surface area contributed by atoms with Crippen LogP contribution in [0.25, 0.3) is 0 Å². The molecule has 0 unspecified atom stereocenters. The van der Waals surface area contributed by atoms with E-state index in [1.165, 1.54) is 0 Å². The van der Waals surface area contributed by atoms with Crippen molar-refractivity contribution >= 4 is 134 Å². The van der Waals surface area contributed by atoms with Crippen LogP contribution in [0.3, 0.4) is 0 Å². The van der Waals surface area contributed by atoms with E-state index in [1.54, 1.807) is 0 Å². The van der Waals surface area contributed by atoms with Crippen molar-refractivity contribution in [2.75, 3.05) is 0 Å². The molecule has 6 radical (unpaired) electrons. The van der Waals surface area contributed by atoms with Crippen molar-refractivity contribution in [2.24, 2.45) is 0 Å². The number of hydrogen-bond donors (Lipinski definition) is 0. The van der Waals surface area contributed by atoms with Crippen LogP contribution in [-0.4, -0.2) is 134 Å². The Morgan fingerprint density at radius 1 is 0.667 bits per heavy atom. The molecule has 0 saturated heterocycles. The molecule has 0 aliphatic carbocycles. The van der Waals surface area contributed by atoms with E-state index in [0.29, 0.717) is 0 Å². The fourth-order valence-corrected chi connectivity index (χ4v) is 0. The molecule has 6 heavy (non-hydrogen) atoms. The average molecular weight is 572 g/mol. The molecule has 0 nitrogen and oxygen atoms in total. The van der Waals surface area contributed by atoms with Crippen LogP contribution >= 0.6 is 0 Å². The van der Waals surface area contributed by atoms with E-state index >= 15 is 0 Å². The molecule has 0 saturated carbocycles. The summed E-state index contributed by atoms with van der Waals surface area (Å²) in [7, 11) is 0. The van der Waals surface area contributed by atoms with Crippen molar-refractivity contribution in [3.05, 3.63) is 0 Å². The Hall–Kier alpha value is 4.39. The van der Waals surface area contributed by atoms with Gasteiger partial charge in [0, 0.05) is 39.6 Å². The molecule has 0 atom stereocenters. The summed E-state index contributed by atoms with van der Waals surface area (Å²) in [6.07, 6.45) is 0. The van der Waals surface area contributed by atoms with Gasteiger partial charge in [-0.25, -0.2) is 0 Å². The van der Waals surface area contributed by atoms with E-state index in [-0.39, 0.29) is 134 Å². The van der Waals surface area contributed by atoms with Gasteiger partial charge in [0.15, 0.2) is 0 Å². The van der Waals surface area contributed by atoms with Crippen LogP contribution in [0.15, 0.2) is 0 Å². The van der Waals surface area contributed by atoms with Crippen molar-refractivity contribution in [1.29, 1.82) is 0 Å². The van der Waals surface area contributed by atoms with Gasteiger partial charge in [0.1, 0.15) is 0 Å². The second-order valence-electron chi connectivity index (χ2n) is 0. The Balaban J connectivity index is 0. The van der Waals surface area contributed by atoms with E-state index in [1.807, 2.05) is 0 Å². The summed E-state index contributed by atoms with van der Waals surface area (Å²) < 4.78 is 0. The zero-order valence-electron chi connectivity index (χ0n) is 2.76. The summed E-state index contributed by atoms with van der Waals surface area (Å²) in [6, 6.07) is 0. The van der Waals surface area contributed by atoms with Gasteiger partial charge in [-0.15, -0.1) is 0 Å². The van der Waals surface area contributed by atoms with E-state index in [4.69, 9.17) is 0 Å². The molecule has 0 fully saturated rings. The van der Waals surface area contributed by atoms with Gasteiger partial charge in [-0.3, -0.25) is 0 Å². The quantitative estimate of drug-likeness (QED) is 0.261. The summed E-state index contributed by atoms with van der Waals surface area (Å²) in [6.45, 7) is 0. The standard InChI is InChI=1S/As.2Ga.2In.Sb.6H/q-3;;;2*+3;-3;;;;;;. The summed E-state index contributed by atoms with van der Waals surface area (Å²) in [5, 5.41) is 0. The molecule has 0 aromatic carbocycles. The summed E-state index contributed by atoms with van der Waals surface area (Å²) in [4.78, 5) is 0. The Labute approximate surface area is 131 Å². The van der Waals surface area contributed by atoms with Gasteiger partial charge in [0.2, 0.25) is 0 Å². The molecule has 0 aliphatic rings. The van der Waals surface area contributed by atoms with E-state index in [9.17, 15) is 0 Å². The Bertz CT molecular complexity index is 11.5. The maximum atomic E-state index is 0. The zero-order chi connectivity index (χ0) is 0. The van der Waals surface area contributed by atoms with E-state index in [0.717, 1.165) is 0 Å². The number of rotatable bonds is 0. The fourth-order valence-electron chi connectivity index (χ4n) is 0. The van der Waals surface area contributed by atoms with Crippen LogP contribution in [-0.2, 0) is 0 Å². The van der Waals surface area contributed by atoms with Gasteiger partial charge in [-0.05, 0) is 0 Å². The van der Waals surface area contributed by atoms with Crippen LogP contribution in [0.4, 0.5) is 0 Å². The van der Waals surface area contributed by atoms with Crippen molar-refractivity contribution in [3.8, 4) is 0 Å². The van der Waals surface area contributed by atoms with Crippen LogP contribution < -0.4 is 0 Å². The van der Waals surface area contributed by atoms with Crippen molar-refractivity contribution in [3.63, 3.8) is 0 Å². The van der Waals surface area contributed by atoms with E-state index < -0.39 is 0 Å². The Morgan fingerprint density at radius 3 is 0.667 bits per heavy atom. The third-order valence-electron chi connectivity index (χ3n) is 0. The van der Waals surface area contributed by atoms with Gasteiger partial charge in [-0.2, -0.15) is 0 Å². The summed E-state index contributed by atoms with van der Waals surface area (Å²) >= 11 is 0. The zero-order valence-corrected chi connectivity index (χ0v) is 16.1. The first-order valence-electron chi connectivity index (χ1n) is 0. The molecule has 6 heteroatoms. The van der Waals surface area contributed by atoms with E-state index in [2.05, 4.69) is 0 Å². The first kappa shape index (κ1) is 47.5. The van der Waals surface area contributed by atoms with Crippen LogP contribution in [0.1, 0.15) is 0 Å². The second kappa shape index (κ2) is 34.3. The molecule has 0 aliphatic heterocycles. The van der Waals surface area contributed by atoms with Crippen molar-refractivity contribution < 1.29 is 0 Å². The fraction of sp³-hybridized carbons (Fsp3) is 0. The topological polar surface area (TPSA) is 0 Å². The minimum atomic E-state index is 0. The Kier molecular flexibility index (Phi) is 272. The molecular formula is H6AsGa2In2Sb. The normalized spacial score (nSPS) is 0. The Morgan fingerprint density at radius 2 is 0.667 bits per heavy atom. The first-order valence-corrected chi connectivity index (χ1v) is 0. The average Bonchev–Trinajstić information content (AvgIpc) is 0. The molecular weight excluding hydrogens is 566 g/mol. The van der Waals surface area contributed by atoms with Gasteiger partial charge >= 0.3 is 76.1 Å². The molecule has 0 aromatic heterocycles. The van der Waals surface area contributed by atoms with Crippen molar-refractivity contribution in [2.45, 2.75) is 0 Å². The molecule has 0 heterocycles. The number of hydrogen-bond acceptors (Lipinski definition) is 0. The minimum absolute atomic E-state index is 0.